The predicted octanol–water partition coefficient (Wildman–Crippen LogP) is 21.3. The van der Waals surface area contributed by atoms with Gasteiger partial charge in [0.05, 0.1) is 0 Å². The van der Waals surface area contributed by atoms with Crippen LogP contribution in [0.25, 0.3) is 0 Å². The molecule has 1 unspecified atom stereocenters. The zero-order valence-electron chi connectivity index (χ0n) is 48.6. The minimum Gasteiger partial charge on any atom is -0.462 e. The Bertz CT molecular complexity index is 1460. The highest BCUT2D eigenvalue weighted by Gasteiger charge is 2.19. The van der Waals surface area contributed by atoms with Crippen LogP contribution in [0.3, 0.4) is 0 Å². The fraction of sp³-hybridized carbons (Fsp3) is 0.721. The van der Waals surface area contributed by atoms with E-state index in [1.165, 1.54) is 135 Å². The first-order valence-electron chi connectivity index (χ1n) is 31.2. The Balaban J connectivity index is 4.35. The van der Waals surface area contributed by atoms with E-state index >= 15 is 0 Å². The topological polar surface area (TPSA) is 78.9 Å². The van der Waals surface area contributed by atoms with Crippen LogP contribution in [0.2, 0.25) is 0 Å². The number of carbonyl (C=O) groups excluding carboxylic acids is 3. The van der Waals surface area contributed by atoms with Gasteiger partial charge in [-0.2, -0.15) is 0 Å². The van der Waals surface area contributed by atoms with Crippen LogP contribution in [-0.2, 0) is 28.6 Å². The SMILES string of the molecule is CC/C=C\C/C=C\C/C=C\C/C=C\C/C=C\C/C=C\C/C=C\CCCCCCCC(=O)OCC(COC(=O)CCCCCCCCCCCCCC)OC(=O)CCCCCCCCC/C=C\CCCCCCCC. The van der Waals surface area contributed by atoms with Crippen LogP contribution in [0.5, 0.6) is 0 Å². The third-order valence-corrected chi connectivity index (χ3v) is 13.3. The lowest BCUT2D eigenvalue weighted by Crippen LogP contribution is -2.30. The second-order valence-electron chi connectivity index (χ2n) is 20.6. The third-order valence-electron chi connectivity index (χ3n) is 13.3. The summed E-state index contributed by atoms with van der Waals surface area (Å²) in [6, 6.07) is 0. The highest BCUT2D eigenvalue weighted by atomic mass is 16.6. The maximum absolute atomic E-state index is 12.9. The average molecular weight is 1030 g/mol. The molecule has 0 saturated carbocycles. The molecular formula is C68H116O6. The van der Waals surface area contributed by atoms with Gasteiger partial charge in [0.2, 0.25) is 0 Å². The van der Waals surface area contributed by atoms with Gasteiger partial charge in [0.1, 0.15) is 13.2 Å². The molecule has 0 saturated heterocycles. The number of unbranched alkanes of at least 4 members (excludes halogenated alkanes) is 29. The van der Waals surface area contributed by atoms with Crippen molar-refractivity contribution in [2.75, 3.05) is 13.2 Å². The van der Waals surface area contributed by atoms with Gasteiger partial charge in [0.15, 0.2) is 6.10 Å². The molecule has 6 nitrogen and oxygen atoms in total. The highest BCUT2D eigenvalue weighted by molar-refractivity contribution is 5.71. The van der Waals surface area contributed by atoms with E-state index in [2.05, 4.69) is 118 Å². The van der Waals surface area contributed by atoms with Crippen molar-refractivity contribution in [3.8, 4) is 0 Å². The van der Waals surface area contributed by atoms with E-state index in [0.29, 0.717) is 19.3 Å². The first-order valence-corrected chi connectivity index (χ1v) is 31.2. The molecule has 0 aromatic rings. The van der Waals surface area contributed by atoms with Crippen LogP contribution in [0.15, 0.2) is 97.2 Å². The quantitative estimate of drug-likeness (QED) is 0.0261. The van der Waals surface area contributed by atoms with Gasteiger partial charge < -0.3 is 14.2 Å². The van der Waals surface area contributed by atoms with Crippen LogP contribution >= 0.6 is 0 Å². The monoisotopic (exact) mass is 1030 g/mol. The van der Waals surface area contributed by atoms with Gasteiger partial charge in [-0.1, -0.05) is 272 Å². The van der Waals surface area contributed by atoms with Crippen LogP contribution < -0.4 is 0 Å². The molecule has 0 aromatic heterocycles. The van der Waals surface area contributed by atoms with E-state index in [1.807, 2.05) is 0 Å². The van der Waals surface area contributed by atoms with Crippen LogP contribution in [0, 0.1) is 0 Å². The summed E-state index contributed by atoms with van der Waals surface area (Å²) in [6.45, 7) is 6.52. The molecule has 74 heavy (non-hydrogen) atoms. The highest BCUT2D eigenvalue weighted by Crippen LogP contribution is 2.16. The minimum atomic E-state index is -0.787. The molecule has 424 valence electrons. The molecule has 0 radical (unpaired) electrons. The van der Waals surface area contributed by atoms with Gasteiger partial charge in [-0.15, -0.1) is 0 Å². The van der Waals surface area contributed by atoms with Crippen molar-refractivity contribution in [2.45, 2.75) is 303 Å². The average Bonchev–Trinajstić information content (AvgIpc) is 3.40. The summed E-state index contributed by atoms with van der Waals surface area (Å²) >= 11 is 0. The van der Waals surface area contributed by atoms with Gasteiger partial charge in [0.25, 0.3) is 0 Å². The number of rotatable bonds is 56. The molecule has 0 N–H and O–H groups in total. The molecule has 0 fully saturated rings. The van der Waals surface area contributed by atoms with Gasteiger partial charge in [0, 0.05) is 19.3 Å². The van der Waals surface area contributed by atoms with Crippen molar-refractivity contribution in [2.24, 2.45) is 0 Å². The molecule has 0 aliphatic rings. The molecule has 0 bridgehead atoms. The normalized spacial score (nSPS) is 12.7. The molecule has 0 aromatic carbocycles. The Labute approximate surface area is 457 Å². The number of hydrogen-bond acceptors (Lipinski definition) is 6. The summed E-state index contributed by atoms with van der Waals surface area (Å²) in [5.74, 6) is -0.899. The summed E-state index contributed by atoms with van der Waals surface area (Å²) in [5, 5.41) is 0. The second-order valence-corrected chi connectivity index (χ2v) is 20.6. The predicted molar refractivity (Wildman–Crippen MR) is 320 cm³/mol. The summed E-state index contributed by atoms with van der Waals surface area (Å²) in [7, 11) is 0. The summed E-state index contributed by atoms with van der Waals surface area (Å²) in [6.07, 6.45) is 82.6. The first-order chi connectivity index (χ1) is 36.5. The molecular weight excluding hydrogens is 913 g/mol. The van der Waals surface area contributed by atoms with E-state index < -0.39 is 6.10 Å². The van der Waals surface area contributed by atoms with E-state index in [0.717, 1.165) is 122 Å². The van der Waals surface area contributed by atoms with Crippen molar-refractivity contribution < 1.29 is 28.6 Å². The zero-order valence-corrected chi connectivity index (χ0v) is 48.6. The Morgan fingerprint density at radius 1 is 0.284 bits per heavy atom. The maximum atomic E-state index is 12.9. The molecule has 0 amide bonds. The zero-order chi connectivity index (χ0) is 53.6. The van der Waals surface area contributed by atoms with Crippen molar-refractivity contribution in [3.05, 3.63) is 97.2 Å². The van der Waals surface area contributed by atoms with Crippen molar-refractivity contribution in [3.63, 3.8) is 0 Å². The lowest BCUT2D eigenvalue weighted by atomic mass is 10.0. The van der Waals surface area contributed by atoms with Gasteiger partial charge >= 0.3 is 17.9 Å². The molecule has 0 aliphatic carbocycles. The lowest BCUT2D eigenvalue weighted by Gasteiger charge is -2.18. The number of carbonyl (C=O) groups is 3. The van der Waals surface area contributed by atoms with Gasteiger partial charge in [-0.25, -0.2) is 0 Å². The van der Waals surface area contributed by atoms with E-state index in [9.17, 15) is 14.4 Å². The first kappa shape index (κ1) is 70.3. The smallest absolute Gasteiger partial charge is 0.306 e. The van der Waals surface area contributed by atoms with Crippen LogP contribution in [-0.4, -0.2) is 37.2 Å². The summed E-state index contributed by atoms with van der Waals surface area (Å²) in [4.78, 5) is 38.2. The molecule has 6 heteroatoms. The maximum Gasteiger partial charge on any atom is 0.306 e. The van der Waals surface area contributed by atoms with Crippen LogP contribution in [0.4, 0.5) is 0 Å². The van der Waals surface area contributed by atoms with Crippen molar-refractivity contribution >= 4 is 17.9 Å². The molecule has 1 atom stereocenters. The summed E-state index contributed by atoms with van der Waals surface area (Å²) in [5.41, 5.74) is 0. The Kier molecular flexibility index (Phi) is 58.8. The molecule has 0 rings (SSSR count). The van der Waals surface area contributed by atoms with E-state index in [-0.39, 0.29) is 31.1 Å². The third kappa shape index (κ3) is 59.2. The van der Waals surface area contributed by atoms with Crippen molar-refractivity contribution in [1.82, 2.24) is 0 Å². The molecule has 0 spiro atoms. The molecule has 0 heterocycles. The number of ether oxygens (including phenoxy) is 3. The number of hydrogen-bond donors (Lipinski definition) is 0. The van der Waals surface area contributed by atoms with Crippen molar-refractivity contribution in [1.29, 1.82) is 0 Å². The van der Waals surface area contributed by atoms with E-state index in [4.69, 9.17) is 14.2 Å². The largest absolute Gasteiger partial charge is 0.462 e. The Hall–Kier alpha value is -3.67. The fourth-order valence-corrected chi connectivity index (χ4v) is 8.65. The Morgan fingerprint density at radius 3 is 0.838 bits per heavy atom. The second kappa shape index (κ2) is 61.9. The lowest BCUT2D eigenvalue weighted by molar-refractivity contribution is -0.167. The Morgan fingerprint density at radius 2 is 0.527 bits per heavy atom. The fourth-order valence-electron chi connectivity index (χ4n) is 8.65. The molecule has 0 aliphatic heterocycles. The van der Waals surface area contributed by atoms with E-state index in [1.54, 1.807) is 0 Å². The standard InChI is InChI=1S/C68H116O6/c1-4-7-10-13-16-19-22-25-27-29-30-31-32-33-34-35-36-37-38-40-41-43-46-49-52-55-58-61-67(70)73-64-65(63-72-66(69)60-57-54-51-48-45-24-21-18-15-12-9-6-3)74-68(71)62-59-56-53-50-47-44-42-39-28-26-23-20-17-14-11-8-5-2/h7,10,16,19,25-28,30-31,33-34,36-37,40-41,65H,4-6,8-9,11-15,17-18,20-24,29,32,35,38-39,42-64H2,1-3H3/b10-7-,19-16-,27-25-,28-26-,31-30-,34-33-,37-36-,41-40-. The van der Waals surface area contributed by atoms with Crippen LogP contribution in [0.1, 0.15) is 297 Å². The number of allylic oxidation sites excluding steroid dienone is 16. The van der Waals surface area contributed by atoms with Gasteiger partial charge in [-0.3, -0.25) is 14.4 Å². The summed E-state index contributed by atoms with van der Waals surface area (Å²) < 4.78 is 16.9. The minimum absolute atomic E-state index is 0.0832. The van der Waals surface area contributed by atoms with Gasteiger partial charge in [-0.05, 0) is 103 Å². The number of esters is 3.